The highest BCUT2D eigenvalue weighted by atomic mass is 35.5. The van der Waals surface area contributed by atoms with Gasteiger partial charge in [0, 0.05) is 17.2 Å². The van der Waals surface area contributed by atoms with Crippen LogP contribution in [0.1, 0.15) is 33.1 Å². The van der Waals surface area contributed by atoms with E-state index in [9.17, 15) is 4.79 Å². The number of carbonyl (C=O) groups excluding carboxylic acids is 1. The highest BCUT2D eigenvalue weighted by Gasteiger charge is 2.33. The fourth-order valence-electron chi connectivity index (χ4n) is 2.70. The van der Waals surface area contributed by atoms with Crippen molar-refractivity contribution in [2.75, 3.05) is 18.8 Å². The molecule has 1 aliphatic carbocycles. The van der Waals surface area contributed by atoms with Gasteiger partial charge in [-0.3, -0.25) is 4.79 Å². The van der Waals surface area contributed by atoms with E-state index in [1.54, 1.807) is 0 Å². The Kier molecular flexibility index (Phi) is 6.82. The summed E-state index contributed by atoms with van der Waals surface area (Å²) in [7, 11) is 0. The predicted molar refractivity (Wildman–Crippen MR) is 80.5 cm³/mol. The molecule has 0 aromatic rings. The average Bonchev–Trinajstić information content (AvgIpc) is 2.64. The van der Waals surface area contributed by atoms with Crippen LogP contribution in [0.5, 0.6) is 0 Å². The molecule has 18 heavy (non-hydrogen) atoms. The number of halogens is 1. The topological polar surface area (TPSA) is 41.1 Å². The van der Waals surface area contributed by atoms with Crippen molar-refractivity contribution in [3.8, 4) is 0 Å². The number of carbonyl (C=O) groups is 1. The van der Waals surface area contributed by atoms with Crippen molar-refractivity contribution < 1.29 is 4.79 Å². The molecule has 2 N–H and O–H groups in total. The maximum Gasteiger partial charge on any atom is 0.223 e. The second kappa shape index (κ2) is 7.61. The molecule has 0 spiro atoms. The van der Waals surface area contributed by atoms with E-state index in [-0.39, 0.29) is 24.2 Å². The highest BCUT2D eigenvalue weighted by Crippen LogP contribution is 2.30. The molecule has 1 heterocycles. The number of hydrogen-bond acceptors (Lipinski definition) is 3. The second-order valence-corrected chi connectivity index (χ2v) is 6.76. The molecule has 2 rings (SSSR count). The zero-order valence-corrected chi connectivity index (χ0v) is 12.9. The van der Waals surface area contributed by atoms with Crippen molar-refractivity contribution >= 4 is 30.1 Å². The number of rotatable bonds is 5. The molecule has 3 atom stereocenters. The van der Waals surface area contributed by atoms with Crippen LogP contribution in [0, 0.1) is 11.8 Å². The highest BCUT2D eigenvalue weighted by molar-refractivity contribution is 7.99. The first-order valence-electron chi connectivity index (χ1n) is 6.85. The summed E-state index contributed by atoms with van der Waals surface area (Å²) in [5.74, 6) is 2.14. The summed E-state index contributed by atoms with van der Waals surface area (Å²) < 4.78 is 0. The molecular formula is C13H25ClN2OS. The molecule has 1 aliphatic heterocycles. The molecule has 5 heteroatoms. The third-order valence-electron chi connectivity index (χ3n) is 4.09. The van der Waals surface area contributed by atoms with E-state index in [0.29, 0.717) is 17.2 Å². The molecule has 1 saturated carbocycles. The molecule has 2 fully saturated rings. The molecule has 1 amide bonds. The van der Waals surface area contributed by atoms with Gasteiger partial charge in [0.05, 0.1) is 0 Å². The van der Waals surface area contributed by atoms with Gasteiger partial charge in [-0.1, -0.05) is 20.3 Å². The van der Waals surface area contributed by atoms with Gasteiger partial charge in [-0.05, 0) is 37.6 Å². The van der Waals surface area contributed by atoms with Gasteiger partial charge in [0.25, 0.3) is 0 Å². The molecule has 0 aromatic carbocycles. The van der Waals surface area contributed by atoms with Crippen LogP contribution in [-0.4, -0.2) is 36.0 Å². The lowest BCUT2D eigenvalue weighted by Crippen LogP contribution is -2.51. The normalized spacial score (nSPS) is 29.2. The molecule has 0 radical (unpaired) electrons. The standard InChI is InChI=1S/C13H24N2OS.ClH/c1-3-17-12-6-4-5-11(12)15-13(16)9(2)10-7-14-8-10;/h9-12,14H,3-8H2,1-2H3,(H,15,16);1H. The lowest BCUT2D eigenvalue weighted by Gasteiger charge is -2.33. The molecule has 1 saturated heterocycles. The van der Waals surface area contributed by atoms with Gasteiger partial charge in [-0.15, -0.1) is 12.4 Å². The summed E-state index contributed by atoms with van der Waals surface area (Å²) in [6, 6.07) is 0.419. The van der Waals surface area contributed by atoms with Crippen LogP contribution in [0.2, 0.25) is 0 Å². The lowest BCUT2D eigenvalue weighted by molar-refractivity contribution is -0.127. The minimum absolute atomic E-state index is 0. The summed E-state index contributed by atoms with van der Waals surface area (Å²) in [6.45, 7) is 6.28. The fraction of sp³-hybridized carbons (Fsp3) is 0.923. The summed E-state index contributed by atoms with van der Waals surface area (Å²) >= 11 is 2.00. The summed E-state index contributed by atoms with van der Waals surface area (Å²) in [6.07, 6.45) is 3.70. The maximum atomic E-state index is 12.1. The van der Waals surface area contributed by atoms with E-state index in [0.717, 1.165) is 18.8 Å². The Balaban J connectivity index is 0.00000162. The number of hydrogen-bond donors (Lipinski definition) is 2. The van der Waals surface area contributed by atoms with Crippen LogP contribution in [0.25, 0.3) is 0 Å². The Hall–Kier alpha value is 0.0700. The van der Waals surface area contributed by atoms with E-state index in [1.165, 1.54) is 19.3 Å². The second-order valence-electron chi connectivity index (χ2n) is 5.25. The molecular weight excluding hydrogens is 268 g/mol. The number of amides is 1. The molecule has 3 nitrogen and oxygen atoms in total. The first-order valence-corrected chi connectivity index (χ1v) is 7.90. The van der Waals surface area contributed by atoms with E-state index >= 15 is 0 Å². The molecule has 106 valence electrons. The van der Waals surface area contributed by atoms with E-state index < -0.39 is 0 Å². The third kappa shape index (κ3) is 3.78. The van der Waals surface area contributed by atoms with Crippen molar-refractivity contribution in [3.63, 3.8) is 0 Å². The predicted octanol–water partition coefficient (Wildman–Crippen LogP) is 2.05. The summed E-state index contributed by atoms with van der Waals surface area (Å²) in [5, 5.41) is 7.16. The largest absolute Gasteiger partial charge is 0.352 e. The van der Waals surface area contributed by atoms with Crippen LogP contribution in [-0.2, 0) is 4.79 Å². The Bertz CT molecular complexity index is 274. The van der Waals surface area contributed by atoms with Crippen LogP contribution in [0.15, 0.2) is 0 Å². The van der Waals surface area contributed by atoms with Gasteiger partial charge >= 0.3 is 0 Å². The Morgan fingerprint density at radius 2 is 2.17 bits per heavy atom. The lowest BCUT2D eigenvalue weighted by atomic mass is 9.88. The Labute approximate surface area is 121 Å². The van der Waals surface area contributed by atoms with Crippen molar-refractivity contribution in [3.05, 3.63) is 0 Å². The minimum atomic E-state index is 0. The zero-order chi connectivity index (χ0) is 12.3. The first kappa shape index (κ1) is 16.1. The van der Waals surface area contributed by atoms with Gasteiger partial charge in [0.15, 0.2) is 0 Å². The van der Waals surface area contributed by atoms with E-state index in [2.05, 4.69) is 24.5 Å². The third-order valence-corrected chi connectivity index (χ3v) is 5.42. The number of nitrogens with one attached hydrogen (secondary N) is 2. The molecule has 0 aromatic heterocycles. The quantitative estimate of drug-likeness (QED) is 0.815. The smallest absolute Gasteiger partial charge is 0.223 e. The Morgan fingerprint density at radius 3 is 2.72 bits per heavy atom. The molecule has 3 unspecified atom stereocenters. The van der Waals surface area contributed by atoms with Crippen molar-refractivity contribution in [2.24, 2.45) is 11.8 Å². The fourth-order valence-corrected chi connectivity index (χ4v) is 3.90. The van der Waals surface area contributed by atoms with Crippen LogP contribution < -0.4 is 10.6 Å². The van der Waals surface area contributed by atoms with Gasteiger partial charge in [-0.2, -0.15) is 11.8 Å². The Morgan fingerprint density at radius 1 is 1.44 bits per heavy atom. The van der Waals surface area contributed by atoms with Crippen LogP contribution in [0.3, 0.4) is 0 Å². The van der Waals surface area contributed by atoms with E-state index in [4.69, 9.17) is 0 Å². The monoisotopic (exact) mass is 292 g/mol. The average molecular weight is 293 g/mol. The summed E-state index contributed by atoms with van der Waals surface area (Å²) in [4.78, 5) is 12.1. The maximum absolute atomic E-state index is 12.1. The van der Waals surface area contributed by atoms with Gasteiger partial charge in [0.2, 0.25) is 5.91 Å². The zero-order valence-electron chi connectivity index (χ0n) is 11.3. The minimum Gasteiger partial charge on any atom is -0.352 e. The number of thioether (sulfide) groups is 1. The van der Waals surface area contributed by atoms with Gasteiger partial charge < -0.3 is 10.6 Å². The van der Waals surface area contributed by atoms with Crippen LogP contribution in [0.4, 0.5) is 0 Å². The van der Waals surface area contributed by atoms with Gasteiger partial charge in [0.1, 0.15) is 0 Å². The van der Waals surface area contributed by atoms with Crippen molar-refractivity contribution in [1.29, 1.82) is 0 Å². The van der Waals surface area contributed by atoms with E-state index in [1.807, 2.05) is 11.8 Å². The van der Waals surface area contributed by atoms with Crippen molar-refractivity contribution in [2.45, 2.75) is 44.4 Å². The SMILES string of the molecule is CCSC1CCCC1NC(=O)C(C)C1CNC1.Cl. The van der Waals surface area contributed by atoms with Crippen molar-refractivity contribution in [1.82, 2.24) is 10.6 Å². The first-order chi connectivity index (χ1) is 8.22. The summed E-state index contributed by atoms with van der Waals surface area (Å²) in [5.41, 5.74) is 0. The molecule has 0 bridgehead atoms. The van der Waals surface area contributed by atoms with Gasteiger partial charge in [-0.25, -0.2) is 0 Å². The van der Waals surface area contributed by atoms with Crippen LogP contribution >= 0.6 is 24.2 Å². The molecule has 2 aliphatic rings.